The van der Waals surface area contributed by atoms with Gasteiger partial charge >= 0.3 is 5.97 Å². The van der Waals surface area contributed by atoms with E-state index in [0.717, 1.165) is 11.4 Å². The number of aryl methyl sites for hydroxylation is 2. The molecule has 0 aliphatic carbocycles. The normalized spacial score (nSPS) is 12.1. The summed E-state index contributed by atoms with van der Waals surface area (Å²) in [5.74, 6) is 0.156. The number of esters is 1. The summed E-state index contributed by atoms with van der Waals surface area (Å²) in [4.78, 5) is 30.3. The smallest absolute Gasteiger partial charge is 0.337 e. The van der Waals surface area contributed by atoms with Crippen LogP contribution in [-0.2, 0) is 23.1 Å². The molecule has 1 atom stereocenters. The van der Waals surface area contributed by atoms with Crippen molar-refractivity contribution in [1.82, 2.24) is 19.7 Å². The summed E-state index contributed by atoms with van der Waals surface area (Å²) in [7, 11) is 4.98. The number of ether oxygens (including phenoxy) is 1. The van der Waals surface area contributed by atoms with Gasteiger partial charge in [-0.3, -0.25) is 14.4 Å². The molecule has 0 saturated carbocycles. The van der Waals surface area contributed by atoms with E-state index in [1.807, 2.05) is 32.8 Å². The number of hydrogen-bond donors (Lipinski definition) is 1. The first-order valence-electron chi connectivity index (χ1n) is 7.86. The SMILES string of the molecule is COC(=O)c1ccc(C)c(NC(=O)C(C)N(C)Cc2ncnn2C)c1. The second-order valence-corrected chi connectivity index (χ2v) is 5.90. The van der Waals surface area contributed by atoms with Crippen molar-refractivity contribution in [2.75, 3.05) is 19.5 Å². The van der Waals surface area contributed by atoms with Crippen LogP contribution >= 0.6 is 0 Å². The van der Waals surface area contributed by atoms with Crippen LogP contribution in [0.5, 0.6) is 0 Å². The molecule has 1 unspecified atom stereocenters. The molecule has 0 aliphatic rings. The molecule has 1 amide bonds. The fourth-order valence-electron chi connectivity index (χ4n) is 2.26. The van der Waals surface area contributed by atoms with E-state index in [1.165, 1.54) is 13.4 Å². The molecule has 0 bridgehead atoms. The maximum Gasteiger partial charge on any atom is 0.337 e. The first-order chi connectivity index (χ1) is 11.8. The summed E-state index contributed by atoms with van der Waals surface area (Å²) in [5, 5.41) is 6.90. The first-order valence-corrected chi connectivity index (χ1v) is 7.86. The van der Waals surface area contributed by atoms with Crippen LogP contribution in [-0.4, -0.2) is 51.7 Å². The highest BCUT2D eigenvalue weighted by Gasteiger charge is 2.20. The van der Waals surface area contributed by atoms with Gasteiger partial charge in [0.1, 0.15) is 12.2 Å². The van der Waals surface area contributed by atoms with Crippen molar-refractivity contribution in [2.45, 2.75) is 26.4 Å². The zero-order chi connectivity index (χ0) is 18.6. The number of carbonyl (C=O) groups is 2. The Hall–Kier alpha value is -2.74. The Labute approximate surface area is 146 Å². The van der Waals surface area contributed by atoms with Gasteiger partial charge in [0.2, 0.25) is 5.91 Å². The molecule has 25 heavy (non-hydrogen) atoms. The lowest BCUT2D eigenvalue weighted by Crippen LogP contribution is -2.39. The van der Waals surface area contributed by atoms with E-state index < -0.39 is 12.0 Å². The summed E-state index contributed by atoms with van der Waals surface area (Å²) >= 11 is 0. The van der Waals surface area contributed by atoms with Crippen LogP contribution < -0.4 is 5.32 Å². The molecular weight excluding hydrogens is 322 g/mol. The Balaban J connectivity index is 2.08. The van der Waals surface area contributed by atoms with Crippen LogP contribution in [0.1, 0.15) is 28.7 Å². The van der Waals surface area contributed by atoms with Crippen molar-refractivity contribution in [1.29, 1.82) is 0 Å². The minimum atomic E-state index is -0.442. The van der Waals surface area contributed by atoms with Gasteiger partial charge in [0.15, 0.2) is 0 Å². The molecule has 1 aromatic carbocycles. The van der Waals surface area contributed by atoms with Crippen LogP contribution in [0.2, 0.25) is 0 Å². The lowest BCUT2D eigenvalue weighted by Gasteiger charge is -2.23. The third-order valence-corrected chi connectivity index (χ3v) is 4.15. The molecule has 0 radical (unpaired) electrons. The zero-order valence-electron chi connectivity index (χ0n) is 15.1. The maximum atomic E-state index is 12.6. The largest absolute Gasteiger partial charge is 0.465 e. The second kappa shape index (κ2) is 7.89. The second-order valence-electron chi connectivity index (χ2n) is 5.90. The van der Waals surface area contributed by atoms with Crippen LogP contribution in [0.4, 0.5) is 5.69 Å². The standard InChI is InChI=1S/C17H23N5O3/c1-11-6-7-13(17(24)25-5)8-14(11)20-16(23)12(2)21(3)9-15-18-10-19-22(15)4/h6-8,10,12H,9H2,1-5H3,(H,20,23). The third-order valence-electron chi connectivity index (χ3n) is 4.15. The minimum Gasteiger partial charge on any atom is -0.465 e. The molecule has 0 spiro atoms. The van der Waals surface area contributed by atoms with Gasteiger partial charge in [0, 0.05) is 12.7 Å². The Morgan fingerprint density at radius 2 is 2.12 bits per heavy atom. The molecule has 1 aromatic heterocycles. The molecule has 2 rings (SSSR count). The Morgan fingerprint density at radius 3 is 2.72 bits per heavy atom. The molecule has 8 heteroatoms. The summed E-state index contributed by atoms with van der Waals surface area (Å²) in [6, 6.07) is 4.67. The van der Waals surface area contributed by atoms with Gasteiger partial charge in [-0.1, -0.05) is 6.07 Å². The average Bonchev–Trinajstić information content (AvgIpc) is 3.00. The van der Waals surface area contributed by atoms with Crippen LogP contribution in [0.3, 0.4) is 0 Å². The predicted molar refractivity (Wildman–Crippen MR) is 93.1 cm³/mol. The molecule has 1 N–H and O–H groups in total. The number of anilines is 1. The summed E-state index contributed by atoms with van der Waals surface area (Å²) in [5.41, 5.74) is 1.85. The molecule has 8 nitrogen and oxygen atoms in total. The molecule has 0 aliphatic heterocycles. The Morgan fingerprint density at radius 1 is 1.40 bits per heavy atom. The van der Waals surface area contributed by atoms with Crippen molar-refractivity contribution in [3.8, 4) is 0 Å². The molecule has 0 saturated heterocycles. The highest BCUT2D eigenvalue weighted by atomic mass is 16.5. The maximum absolute atomic E-state index is 12.6. The van der Waals surface area contributed by atoms with Crippen molar-refractivity contribution < 1.29 is 14.3 Å². The van der Waals surface area contributed by atoms with E-state index in [-0.39, 0.29) is 5.91 Å². The topological polar surface area (TPSA) is 89.3 Å². The monoisotopic (exact) mass is 345 g/mol. The number of nitrogens with one attached hydrogen (secondary N) is 1. The average molecular weight is 345 g/mol. The lowest BCUT2D eigenvalue weighted by molar-refractivity contribution is -0.120. The number of carbonyl (C=O) groups excluding carboxylic acids is 2. The summed E-state index contributed by atoms with van der Waals surface area (Å²) in [6.07, 6.45) is 1.48. The van der Waals surface area contributed by atoms with E-state index in [2.05, 4.69) is 15.4 Å². The summed E-state index contributed by atoms with van der Waals surface area (Å²) in [6.45, 7) is 4.17. The van der Waals surface area contributed by atoms with Gasteiger partial charge in [-0.25, -0.2) is 9.78 Å². The van der Waals surface area contributed by atoms with Gasteiger partial charge < -0.3 is 10.1 Å². The summed E-state index contributed by atoms with van der Waals surface area (Å²) < 4.78 is 6.39. The highest BCUT2D eigenvalue weighted by Crippen LogP contribution is 2.18. The minimum absolute atomic E-state index is 0.171. The zero-order valence-corrected chi connectivity index (χ0v) is 15.1. The van der Waals surface area contributed by atoms with Gasteiger partial charge in [-0.15, -0.1) is 0 Å². The number of rotatable bonds is 6. The van der Waals surface area contributed by atoms with Crippen molar-refractivity contribution in [3.05, 3.63) is 41.5 Å². The molecule has 2 aromatic rings. The van der Waals surface area contributed by atoms with E-state index in [0.29, 0.717) is 17.8 Å². The highest BCUT2D eigenvalue weighted by molar-refractivity contribution is 5.97. The van der Waals surface area contributed by atoms with Gasteiger partial charge in [0.25, 0.3) is 0 Å². The van der Waals surface area contributed by atoms with E-state index in [4.69, 9.17) is 4.74 Å². The number of aromatic nitrogens is 3. The van der Waals surface area contributed by atoms with Crippen LogP contribution in [0, 0.1) is 6.92 Å². The molecule has 1 heterocycles. The van der Waals surface area contributed by atoms with Gasteiger partial charge in [0.05, 0.1) is 25.3 Å². The number of likely N-dealkylation sites (N-methyl/N-ethyl adjacent to an activating group) is 1. The van der Waals surface area contributed by atoms with E-state index >= 15 is 0 Å². The fraction of sp³-hybridized carbons (Fsp3) is 0.412. The number of amides is 1. The Kier molecular flexibility index (Phi) is 5.87. The van der Waals surface area contributed by atoms with Crippen molar-refractivity contribution in [2.24, 2.45) is 7.05 Å². The van der Waals surface area contributed by atoms with Crippen molar-refractivity contribution >= 4 is 17.6 Å². The van der Waals surface area contributed by atoms with Crippen LogP contribution in [0.15, 0.2) is 24.5 Å². The first kappa shape index (κ1) is 18.6. The quantitative estimate of drug-likeness (QED) is 0.796. The Bertz CT molecular complexity index is 771. The molecular formula is C17H23N5O3. The molecule has 134 valence electrons. The fourth-order valence-corrected chi connectivity index (χ4v) is 2.26. The van der Waals surface area contributed by atoms with E-state index in [9.17, 15) is 9.59 Å². The van der Waals surface area contributed by atoms with Crippen LogP contribution in [0.25, 0.3) is 0 Å². The van der Waals surface area contributed by atoms with E-state index in [1.54, 1.807) is 22.9 Å². The van der Waals surface area contributed by atoms with Gasteiger partial charge in [-0.2, -0.15) is 5.10 Å². The number of hydrogen-bond acceptors (Lipinski definition) is 6. The lowest BCUT2D eigenvalue weighted by atomic mass is 10.1. The van der Waals surface area contributed by atoms with Crippen molar-refractivity contribution in [3.63, 3.8) is 0 Å². The number of benzene rings is 1. The number of nitrogens with zero attached hydrogens (tertiary/aromatic N) is 4. The van der Waals surface area contributed by atoms with Gasteiger partial charge in [-0.05, 0) is 38.6 Å². The number of methoxy groups -OCH3 is 1. The predicted octanol–water partition coefficient (Wildman–Crippen LogP) is 1.37. The third kappa shape index (κ3) is 4.42. The molecule has 0 fully saturated rings.